The van der Waals surface area contributed by atoms with Gasteiger partial charge < -0.3 is 15.8 Å². The molecule has 0 fully saturated rings. The van der Waals surface area contributed by atoms with E-state index in [1.807, 2.05) is 18.7 Å². The van der Waals surface area contributed by atoms with Crippen LogP contribution in [0.4, 0.5) is 36.4 Å². The number of benzene rings is 1. The maximum Gasteiger partial charge on any atom is 0.387 e. The molecule has 0 saturated heterocycles. The summed E-state index contributed by atoms with van der Waals surface area (Å²) in [5, 5.41) is 3.14. The standard InChI is InChI=1S/C22H22F3N5O/c1-12-9-14-3-4-15(23)10-18(14)30(13(12)2)20-11-19(26)28-22(29-20)27-16-5-7-17(8-6-16)31-21(24)25/h3-5,7-8,10-11,16,21H,6,9H2,1-2H3,(H3,26,27,28,29). The number of nitrogens with two attached hydrogens (primary N) is 1. The van der Waals surface area contributed by atoms with Crippen LogP contribution in [0, 0.1) is 5.82 Å². The van der Waals surface area contributed by atoms with Crippen LogP contribution in [0.2, 0.25) is 0 Å². The lowest BCUT2D eigenvalue weighted by Crippen LogP contribution is -2.25. The highest BCUT2D eigenvalue weighted by atomic mass is 19.3. The predicted octanol–water partition coefficient (Wildman–Crippen LogP) is 5.05. The minimum Gasteiger partial charge on any atom is -0.435 e. The fraction of sp³-hybridized carbons (Fsp3) is 0.273. The Kier molecular flexibility index (Phi) is 5.58. The van der Waals surface area contributed by atoms with Crippen LogP contribution in [0.3, 0.4) is 0 Å². The van der Waals surface area contributed by atoms with E-state index in [1.165, 1.54) is 18.2 Å². The third-order valence-electron chi connectivity index (χ3n) is 5.26. The van der Waals surface area contributed by atoms with Gasteiger partial charge in [0.2, 0.25) is 5.95 Å². The van der Waals surface area contributed by atoms with Crippen molar-refractivity contribution in [3.05, 3.63) is 70.9 Å². The van der Waals surface area contributed by atoms with E-state index in [0.717, 1.165) is 23.3 Å². The highest BCUT2D eigenvalue weighted by molar-refractivity contribution is 5.73. The third kappa shape index (κ3) is 4.50. The fourth-order valence-electron chi connectivity index (χ4n) is 3.67. The molecule has 0 spiro atoms. The van der Waals surface area contributed by atoms with Crippen LogP contribution in [-0.4, -0.2) is 22.6 Å². The Morgan fingerprint density at radius 3 is 2.74 bits per heavy atom. The fourth-order valence-corrected chi connectivity index (χ4v) is 3.67. The second-order valence-electron chi connectivity index (χ2n) is 7.46. The molecule has 2 aliphatic rings. The molecule has 3 N–H and O–H groups in total. The number of halogens is 3. The smallest absolute Gasteiger partial charge is 0.387 e. The van der Waals surface area contributed by atoms with Gasteiger partial charge in [-0.2, -0.15) is 18.7 Å². The minimum atomic E-state index is -2.86. The second kappa shape index (κ2) is 8.33. The van der Waals surface area contributed by atoms with E-state index in [4.69, 9.17) is 5.73 Å². The summed E-state index contributed by atoms with van der Waals surface area (Å²) in [4.78, 5) is 10.7. The van der Waals surface area contributed by atoms with Gasteiger partial charge in [-0.1, -0.05) is 12.1 Å². The second-order valence-corrected chi connectivity index (χ2v) is 7.46. The Hall–Kier alpha value is -3.49. The normalized spacial score (nSPS) is 18.2. The number of nitrogen functional groups attached to an aromatic ring is 1. The highest BCUT2D eigenvalue weighted by Crippen LogP contribution is 2.39. The molecule has 0 bridgehead atoms. The molecule has 31 heavy (non-hydrogen) atoms. The van der Waals surface area contributed by atoms with E-state index in [1.54, 1.807) is 24.3 Å². The van der Waals surface area contributed by atoms with E-state index in [9.17, 15) is 13.2 Å². The van der Waals surface area contributed by atoms with Gasteiger partial charge in [0.1, 0.15) is 23.2 Å². The summed E-state index contributed by atoms with van der Waals surface area (Å²) in [7, 11) is 0. The third-order valence-corrected chi connectivity index (χ3v) is 5.26. The van der Waals surface area contributed by atoms with Gasteiger partial charge in [-0.3, -0.25) is 4.90 Å². The maximum atomic E-state index is 14.0. The van der Waals surface area contributed by atoms with E-state index >= 15 is 0 Å². The number of nitrogens with one attached hydrogen (secondary N) is 1. The molecule has 0 saturated carbocycles. The Bertz CT molecular complexity index is 1100. The first-order chi connectivity index (χ1) is 14.8. The Morgan fingerprint density at radius 2 is 2.03 bits per heavy atom. The number of nitrogens with zero attached hydrogens (tertiary/aromatic N) is 3. The first-order valence-electron chi connectivity index (χ1n) is 9.79. The van der Waals surface area contributed by atoms with Crippen molar-refractivity contribution in [1.82, 2.24) is 9.97 Å². The Labute approximate surface area is 177 Å². The number of aromatic nitrogens is 2. The molecule has 162 valence electrons. The summed E-state index contributed by atoms with van der Waals surface area (Å²) in [6.07, 6.45) is 5.88. The molecule has 4 rings (SSSR count). The van der Waals surface area contributed by atoms with Crippen LogP contribution in [0.5, 0.6) is 0 Å². The molecule has 9 heteroatoms. The van der Waals surface area contributed by atoms with Gasteiger partial charge in [0.25, 0.3) is 0 Å². The largest absolute Gasteiger partial charge is 0.435 e. The molecule has 0 amide bonds. The minimum absolute atomic E-state index is 0.116. The molecule has 2 heterocycles. The first-order valence-corrected chi connectivity index (χ1v) is 9.79. The number of rotatable bonds is 5. The molecule has 1 aromatic heterocycles. The van der Waals surface area contributed by atoms with Crippen molar-refractivity contribution in [3.63, 3.8) is 0 Å². The van der Waals surface area contributed by atoms with Crippen molar-refractivity contribution in [2.45, 2.75) is 39.3 Å². The molecule has 1 aliphatic heterocycles. The Morgan fingerprint density at radius 1 is 1.23 bits per heavy atom. The lowest BCUT2D eigenvalue weighted by molar-refractivity contribution is -0.0925. The molecule has 0 radical (unpaired) electrons. The molecule has 1 aromatic carbocycles. The van der Waals surface area contributed by atoms with Crippen LogP contribution in [0.15, 0.2) is 59.5 Å². The molecule has 6 nitrogen and oxygen atoms in total. The van der Waals surface area contributed by atoms with E-state index in [2.05, 4.69) is 20.0 Å². The zero-order valence-corrected chi connectivity index (χ0v) is 17.1. The summed E-state index contributed by atoms with van der Waals surface area (Å²) in [6.45, 7) is 1.11. The van der Waals surface area contributed by atoms with Crippen LogP contribution in [0.1, 0.15) is 25.8 Å². The average molecular weight is 429 g/mol. The topological polar surface area (TPSA) is 76.3 Å². The number of allylic oxidation sites excluding steroid dienone is 3. The number of hydrogen-bond donors (Lipinski definition) is 2. The van der Waals surface area contributed by atoms with Crippen molar-refractivity contribution in [1.29, 1.82) is 0 Å². The number of anilines is 4. The van der Waals surface area contributed by atoms with E-state index in [0.29, 0.717) is 17.9 Å². The summed E-state index contributed by atoms with van der Waals surface area (Å²) in [6, 6.07) is 6.11. The van der Waals surface area contributed by atoms with E-state index in [-0.39, 0.29) is 29.4 Å². The average Bonchev–Trinajstić information content (AvgIpc) is 2.70. The van der Waals surface area contributed by atoms with Crippen LogP contribution in [0.25, 0.3) is 0 Å². The van der Waals surface area contributed by atoms with Gasteiger partial charge in [-0.15, -0.1) is 0 Å². The van der Waals surface area contributed by atoms with Crippen LogP contribution in [-0.2, 0) is 11.2 Å². The van der Waals surface area contributed by atoms with Crippen molar-refractivity contribution in [2.24, 2.45) is 0 Å². The number of alkyl halides is 2. The lowest BCUT2D eigenvalue weighted by atomic mass is 9.97. The highest BCUT2D eigenvalue weighted by Gasteiger charge is 2.25. The van der Waals surface area contributed by atoms with Gasteiger partial charge in [-0.05, 0) is 62.1 Å². The van der Waals surface area contributed by atoms with Crippen molar-refractivity contribution < 1.29 is 17.9 Å². The summed E-state index contributed by atoms with van der Waals surface area (Å²) < 4.78 is 43.1. The predicted molar refractivity (Wildman–Crippen MR) is 113 cm³/mol. The molecular formula is C22H22F3N5O. The number of ether oxygens (including phenoxy) is 1. The molecule has 1 aliphatic carbocycles. The number of hydrogen-bond acceptors (Lipinski definition) is 6. The van der Waals surface area contributed by atoms with E-state index < -0.39 is 6.61 Å². The monoisotopic (exact) mass is 429 g/mol. The van der Waals surface area contributed by atoms with Crippen LogP contribution >= 0.6 is 0 Å². The SMILES string of the molecule is CC1=C(C)N(c2cc(N)nc(NC3C=CC(OC(F)F)=CC3)n2)c2cc(F)ccc2C1. The molecule has 1 unspecified atom stereocenters. The molecule has 1 atom stereocenters. The van der Waals surface area contributed by atoms with Crippen molar-refractivity contribution >= 4 is 23.3 Å². The molecule has 2 aromatic rings. The lowest BCUT2D eigenvalue weighted by Gasteiger charge is -2.33. The summed E-state index contributed by atoms with van der Waals surface area (Å²) in [5.41, 5.74) is 9.81. The quantitative estimate of drug-likeness (QED) is 0.693. The zero-order chi connectivity index (χ0) is 22.1. The van der Waals surface area contributed by atoms with Crippen molar-refractivity contribution in [2.75, 3.05) is 16.0 Å². The molecular weight excluding hydrogens is 407 g/mol. The van der Waals surface area contributed by atoms with Gasteiger partial charge in [0.15, 0.2) is 0 Å². The first kappa shape index (κ1) is 20.8. The number of fused-ring (bicyclic) bond motifs is 1. The maximum absolute atomic E-state index is 14.0. The van der Waals surface area contributed by atoms with Gasteiger partial charge in [-0.25, -0.2) is 4.39 Å². The summed E-state index contributed by atoms with van der Waals surface area (Å²) >= 11 is 0. The zero-order valence-electron chi connectivity index (χ0n) is 17.1. The van der Waals surface area contributed by atoms with Gasteiger partial charge in [0.05, 0.1) is 11.7 Å². The van der Waals surface area contributed by atoms with Gasteiger partial charge >= 0.3 is 6.61 Å². The Balaban J connectivity index is 1.62. The summed E-state index contributed by atoms with van der Waals surface area (Å²) in [5.74, 6) is 0.821. The van der Waals surface area contributed by atoms with Gasteiger partial charge in [0, 0.05) is 11.8 Å². The van der Waals surface area contributed by atoms with Crippen molar-refractivity contribution in [3.8, 4) is 0 Å². The van der Waals surface area contributed by atoms with Crippen LogP contribution < -0.4 is 16.0 Å².